The van der Waals surface area contributed by atoms with Crippen LogP contribution < -0.4 is 5.69 Å². The van der Waals surface area contributed by atoms with Crippen LogP contribution in [0.15, 0.2) is 64.0 Å². The molecule has 1 unspecified atom stereocenters. The van der Waals surface area contributed by atoms with E-state index in [1.807, 2.05) is 31.2 Å². The molecule has 0 aliphatic carbocycles. The van der Waals surface area contributed by atoms with Gasteiger partial charge < -0.3 is 5.11 Å². The summed E-state index contributed by atoms with van der Waals surface area (Å²) in [6, 6.07) is 14.9. The highest BCUT2D eigenvalue weighted by molar-refractivity contribution is 9.10. The fourth-order valence-corrected chi connectivity index (χ4v) is 3.49. The van der Waals surface area contributed by atoms with Crippen molar-refractivity contribution in [1.82, 2.24) is 29.6 Å². The van der Waals surface area contributed by atoms with Crippen LogP contribution in [0.25, 0.3) is 11.4 Å². The molecule has 0 bridgehead atoms. The van der Waals surface area contributed by atoms with Gasteiger partial charge in [-0.2, -0.15) is 14.5 Å². The van der Waals surface area contributed by atoms with E-state index in [-0.39, 0.29) is 0 Å². The maximum Gasteiger partial charge on any atom is 0.368 e. The topological polar surface area (TPSA) is 90.8 Å². The lowest BCUT2D eigenvalue weighted by Gasteiger charge is -2.15. The quantitative estimate of drug-likeness (QED) is 0.525. The molecule has 8 nitrogen and oxygen atoms in total. The molecule has 142 valence electrons. The van der Waals surface area contributed by atoms with Gasteiger partial charge in [-0.15, -0.1) is 0 Å². The van der Waals surface area contributed by atoms with E-state index >= 15 is 0 Å². The molecule has 4 rings (SSSR count). The van der Waals surface area contributed by atoms with Gasteiger partial charge in [0.25, 0.3) is 0 Å². The Bertz CT molecular complexity index is 1190. The first kappa shape index (κ1) is 18.3. The van der Waals surface area contributed by atoms with E-state index in [0.717, 1.165) is 20.6 Å². The molecule has 1 atom stereocenters. The van der Waals surface area contributed by atoms with E-state index in [0.29, 0.717) is 21.4 Å². The fraction of sp³-hybridized carbons (Fsp3) is 0.158. The number of benzene rings is 2. The predicted octanol–water partition coefficient (Wildman–Crippen LogP) is 2.30. The molecule has 0 aliphatic rings. The first-order valence-electron chi connectivity index (χ1n) is 8.54. The van der Waals surface area contributed by atoms with Crippen LogP contribution in [0.1, 0.15) is 22.9 Å². The van der Waals surface area contributed by atoms with Crippen molar-refractivity contribution in [1.29, 1.82) is 0 Å². The van der Waals surface area contributed by atoms with Crippen LogP contribution in [-0.2, 0) is 7.05 Å². The Morgan fingerprint density at radius 3 is 2.50 bits per heavy atom. The SMILES string of the molecule is Cc1ccc(-n2ccc(C(O)c3c(Br)cccc3-n3nnn(C)c3=O)n2)cc1. The van der Waals surface area contributed by atoms with Gasteiger partial charge in [0.05, 0.1) is 17.1 Å². The number of hydrogen-bond donors (Lipinski definition) is 1. The molecule has 0 radical (unpaired) electrons. The summed E-state index contributed by atoms with van der Waals surface area (Å²) in [5, 5.41) is 23.2. The molecule has 2 heterocycles. The molecule has 0 fully saturated rings. The average Bonchev–Trinajstić information content (AvgIpc) is 3.30. The molecular formula is C19H17BrN6O2. The molecule has 1 N–H and O–H groups in total. The van der Waals surface area contributed by atoms with Crippen LogP contribution in [0, 0.1) is 6.92 Å². The summed E-state index contributed by atoms with van der Waals surface area (Å²) >= 11 is 3.47. The Balaban J connectivity index is 1.77. The van der Waals surface area contributed by atoms with Gasteiger partial charge in [0.1, 0.15) is 6.10 Å². The number of aliphatic hydroxyl groups is 1. The fourth-order valence-electron chi connectivity index (χ4n) is 2.92. The minimum atomic E-state index is -1.06. The number of nitrogens with zero attached hydrogens (tertiary/aromatic N) is 6. The normalized spacial score (nSPS) is 12.3. The average molecular weight is 441 g/mol. The molecular weight excluding hydrogens is 424 g/mol. The lowest BCUT2D eigenvalue weighted by atomic mass is 10.0. The molecule has 4 aromatic rings. The number of hydrogen-bond acceptors (Lipinski definition) is 5. The van der Waals surface area contributed by atoms with Gasteiger partial charge in [0.2, 0.25) is 0 Å². The highest BCUT2D eigenvalue weighted by atomic mass is 79.9. The highest BCUT2D eigenvalue weighted by Gasteiger charge is 2.23. The maximum absolute atomic E-state index is 12.3. The number of rotatable bonds is 4. The Hall–Kier alpha value is -3.04. The maximum atomic E-state index is 12.3. The minimum Gasteiger partial charge on any atom is -0.382 e. The third-order valence-corrected chi connectivity index (χ3v) is 5.13. The lowest BCUT2D eigenvalue weighted by molar-refractivity contribution is 0.213. The second-order valence-electron chi connectivity index (χ2n) is 6.39. The molecule has 9 heteroatoms. The largest absolute Gasteiger partial charge is 0.382 e. The lowest BCUT2D eigenvalue weighted by Crippen LogP contribution is -2.23. The summed E-state index contributed by atoms with van der Waals surface area (Å²) in [6.07, 6.45) is 0.722. The first-order valence-corrected chi connectivity index (χ1v) is 9.33. The highest BCUT2D eigenvalue weighted by Crippen LogP contribution is 2.32. The van der Waals surface area contributed by atoms with Crippen LogP contribution in [0.4, 0.5) is 0 Å². The number of aliphatic hydroxyl groups excluding tert-OH is 1. The smallest absolute Gasteiger partial charge is 0.368 e. The molecule has 0 amide bonds. The van der Waals surface area contributed by atoms with Crippen molar-refractivity contribution < 1.29 is 5.11 Å². The van der Waals surface area contributed by atoms with Crippen molar-refractivity contribution in [3.8, 4) is 11.4 Å². The number of tetrazole rings is 1. The summed E-state index contributed by atoms with van der Waals surface area (Å²) in [5.74, 6) is 0. The van der Waals surface area contributed by atoms with Crippen LogP contribution in [0.3, 0.4) is 0 Å². The Labute approximate surface area is 168 Å². The third-order valence-electron chi connectivity index (χ3n) is 4.44. The van der Waals surface area contributed by atoms with Gasteiger partial charge >= 0.3 is 5.69 Å². The summed E-state index contributed by atoms with van der Waals surface area (Å²) in [5.41, 5.74) is 3.01. The van der Waals surface area contributed by atoms with Gasteiger partial charge in [-0.25, -0.2) is 9.48 Å². The summed E-state index contributed by atoms with van der Waals surface area (Å²) < 4.78 is 4.62. The molecule has 0 saturated heterocycles. The van der Waals surface area contributed by atoms with Crippen LogP contribution in [-0.4, -0.2) is 34.7 Å². The minimum absolute atomic E-state index is 0.406. The summed E-state index contributed by atoms with van der Waals surface area (Å²) in [6.45, 7) is 2.02. The Morgan fingerprint density at radius 2 is 1.82 bits per heavy atom. The van der Waals surface area contributed by atoms with E-state index in [4.69, 9.17) is 0 Å². The van der Waals surface area contributed by atoms with Gasteiger partial charge in [0.15, 0.2) is 0 Å². The van der Waals surface area contributed by atoms with Crippen molar-refractivity contribution >= 4 is 15.9 Å². The second-order valence-corrected chi connectivity index (χ2v) is 7.25. The van der Waals surface area contributed by atoms with Gasteiger partial charge in [-0.3, -0.25) is 0 Å². The number of halogens is 1. The van der Waals surface area contributed by atoms with Crippen molar-refractivity contribution in [3.63, 3.8) is 0 Å². The van der Waals surface area contributed by atoms with Crippen molar-refractivity contribution in [3.05, 3.63) is 86.5 Å². The molecule has 0 spiro atoms. The summed E-state index contributed by atoms with van der Waals surface area (Å²) in [7, 11) is 1.52. The van der Waals surface area contributed by atoms with Crippen LogP contribution in [0.5, 0.6) is 0 Å². The van der Waals surface area contributed by atoms with E-state index < -0.39 is 11.8 Å². The van der Waals surface area contributed by atoms with Gasteiger partial charge in [-0.05, 0) is 47.7 Å². The van der Waals surface area contributed by atoms with E-state index in [9.17, 15) is 9.90 Å². The zero-order chi connectivity index (χ0) is 19.8. The third kappa shape index (κ3) is 3.19. The zero-order valence-electron chi connectivity index (χ0n) is 15.2. The Kier molecular flexibility index (Phi) is 4.70. The Morgan fingerprint density at radius 1 is 1.07 bits per heavy atom. The van der Waals surface area contributed by atoms with Gasteiger partial charge in [0, 0.05) is 23.3 Å². The number of aryl methyl sites for hydroxylation is 2. The first-order chi connectivity index (χ1) is 13.5. The molecule has 28 heavy (non-hydrogen) atoms. The van der Waals surface area contributed by atoms with Crippen LogP contribution in [0.2, 0.25) is 0 Å². The molecule has 2 aromatic heterocycles. The van der Waals surface area contributed by atoms with E-state index in [1.54, 1.807) is 35.1 Å². The zero-order valence-corrected chi connectivity index (χ0v) is 16.8. The van der Waals surface area contributed by atoms with Crippen LogP contribution >= 0.6 is 15.9 Å². The molecule has 2 aromatic carbocycles. The molecule has 0 saturated carbocycles. The molecule has 0 aliphatic heterocycles. The summed E-state index contributed by atoms with van der Waals surface area (Å²) in [4.78, 5) is 12.3. The van der Waals surface area contributed by atoms with Crippen molar-refractivity contribution in [2.24, 2.45) is 7.05 Å². The second kappa shape index (κ2) is 7.17. The van der Waals surface area contributed by atoms with E-state index in [1.165, 1.54) is 7.05 Å². The van der Waals surface area contributed by atoms with Gasteiger partial charge in [-0.1, -0.05) is 39.7 Å². The predicted molar refractivity (Wildman–Crippen MR) is 107 cm³/mol. The van der Waals surface area contributed by atoms with E-state index in [2.05, 4.69) is 31.5 Å². The van der Waals surface area contributed by atoms with Crippen molar-refractivity contribution in [2.45, 2.75) is 13.0 Å². The monoisotopic (exact) mass is 440 g/mol. The van der Waals surface area contributed by atoms with Crippen molar-refractivity contribution in [2.75, 3.05) is 0 Å². The standard InChI is InChI=1S/C19H17BrN6O2/c1-12-6-8-13(9-7-12)25-11-10-15(21-25)18(27)17-14(20)4-3-5-16(17)26-19(28)24(2)22-23-26/h3-11,18,27H,1-2H3. The number of aromatic nitrogens is 6.